The van der Waals surface area contributed by atoms with E-state index in [1.54, 1.807) is 18.2 Å². The highest BCUT2D eigenvalue weighted by Gasteiger charge is 2.27. The number of rotatable bonds is 3. The van der Waals surface area contributed by atoms with E-state index in [2.05, 4.69) is 22.3 Å². The minimum Gasteiger partial charge on any atom is -0.359 e. The maximum absolute atomic E-state index is 12.5. The van der Waals surface area contributed by atoms with E-state index >= 15 is 0 Å². The highest BCUT2D eigenvalue weighted by molar-refractivity contribution is 6.36. The molecule has 0 aliphatic carbocycles. The zero-order chi connectivity index (χ0) is 15.7. The number of hydrogen-bond acceptors (Lipinski definition) is 2. The number of nitrogens with zero attached hydrogens (tertiary/aromatic N) is 1. The van der Waals surface area contributed by atoms with Crippen molar-refractivity contribution in [3.05, 3.63) is 58.1 Å². The molecule has 1 N–H and O–H groups in total. The topological polar surface area (TPSA) is 32.3 Å². The number of halogens is 2. The summed E-state index contributed by atoms with van der Waals surface area (Å²) in [6.45, 7) is 2.75. The summed E-state index contributed by atoms with van der Waals surface area (Å²) in [5, 5.41) is 3.86. The van der Waals surface area contributed by atoms with Crippen LogP contribution in [0.2, 0.25) is 10.0 Å². The summed E-state index contributed by atoms with van der Waals surface area (Å²) in [6, 6.07) is 13.0. The summed E-state index contributed by atoms with van der Waals surface area (Å²) < 4.78 is 0. The van der Waals surface area contributed by atoms with Gasteiger partial charge in [-0.15, -0.1) is 0 Å². The molecule has 5 heteroatoms. The Hall–Kier alpha value is -1.71. The normalized spacial score (nSPS) is 14.6. The summed E-state index contributed by atoms with van der Waals surface area (Å²) in [5.41, 5.74) is 2.99. The molecule has 114 valence electrons. The number of amides is 1. The molecule has 0 saturated heterocycles. The number of para-hydroxylation sites is 1. The lowest BCUT2D eigenvalue weighted by Gasteiger charge is -2.26. The molecule has 1 amide bonds. The molecule has 1 aliphatic heterocycles. The van der Waals surface area contributed by atoms with Crippen molar-refractivity contribution >= 4 is 40.5 Å². The van der Waals surface area contributed by atoms with Crippen LogP contribution in [0.3, 0.4) is 0 Å². The first-order chi connectivity index (χ1) is 10.6. The third-order valence-electron chi connectivity index (χ3n) is 3.96. The molecule has 0 aromatic heterocycles. The van der Waals surface area contributed by atoms with Gasteiger partial charge in [-0.05, 0) is 43.2 Å². The van der Waals surface area contributed by atoms with Crippen molar-refractivity contribution < 1.29 is 4.79 Å². The smallest absolute Gasteiger partial charge is 0.246 e. The molecule has 0 fully saturated rings. The van der Waals surface area contributed by atoms with Crippen LogP contribution in [0.1, 0.15) is 12.5 Å². The second-order valence-corrected chi connectivity index (χ2v) is 6.21. The molecule has 3 rings (SSSR count). The third kappa shape index (κ3) is 2.92. The first-order valence-corrected chi connectivity index (χ1v) is 7.92. The quantitative estimate of drug-likeness (QED) is 0.903. The van der Waals surface area contributed by atoms with Crippen molar-refractivity contribution in [1.82, 2.24) is 0 Å². The van der Waals surface area contributed by atoms with Crippen molar-refractivity contribution in [1.29, 1.82) is 0 Å². The molecule has 2 aromatic carbocycles. The Morgan fingerprint density at radius 2 is 2.00 bits per heavy atom. The molecular weight excluding hydrogens is 319 g/mol. The van der Waals surface area contributed by atoms with E-state index in [1.165, 1.54) is 5.56 Å². The Bertz CT molecular complexity index is 718. The maximum atomic E-state index is 12.5. The molecule has 22 heavy (non-hydrogen) atoms. The highest BCUT2D eigenvalue weighted by atomic mass is 35.5. The van der Waals surface area contributed by atoms with E-state index in [1.807, 2.05) is 19.1 Å². The van der Waals surface area contributed by atoms with Gasteiger partial charge in [-0.25, -0.2) is 0 Å². The molecule has 0 saturated carbocycles. The second-order valence-electron chi connectivity index (χ2n) is 5.36. The molecule has 0 unspecified atom stereocenters. The number of hydrogen-bond donors (Lipinski definition) is 1. The zero-order valence-corrected chi connectivity index (χ0v) is 13.7. The van der Waals surface area contributed by atoms with Gasteiger partial charge in [0.2, 0.25) is 5.91 Å². The SMILES string of the molecule is C[C@H](C(=O)Nc1ccc(Cl)cc1Cl)N1CCc2ccccc21. The van der Waals surface area contributed by atoms with Crippen molar-refractivity contribution in [2.45, 2.75) is 19.4 Å². The number of benzene rings is 2. The predicted octanol–water partition coefficient (Wildman–Crippen LogP) is 4.38. The lowest BCUT2D eigenvalue weighted by molar-refractivity contribution is -0.117. The first-order valence-electron chi connectivity index (χ1n) is 7.17. The minimum atomic E-state index is -0.268. The van der Waals surface area contributed by atoms with Crippen molar-refractivity contribution in [2.24, 2.45) is 0 Å². The molecule has 0 bridgehead atoms. The van der Waals surface area contributed by atoms with Crippen LogP contribution in [0.15, 0.2) is 42.5 Å². The molecule has 2 aromatic rings. The fourth-order valence-corrected chi connectivity index (χ4v) is 3.19. The van der Waals surface area contributed by atoms with Crippen molar-refractivity contribution in [2.75, 3.05) is 16.8 Å². The molecule has 0 spiro atoms. The minimum absolute atomic E-state index is 0.0825. The molecule has 1 aliphatic rings. The van der Waals surface area contributed by atoms with Gasteiger partial charge in [0.1, 0.15) is 6.04 Å². The van der Waals surface area contributed by atoms with Crippen LogP contribution in [0.4, 0.5) is 11.4 Å². The van der Waals surface area contributed by atoms with Gasteiger partial charge in [-0.2, -0.15) is 0 Å². The van der Waals surface area contributed by atoms with Crippen LogP contribution in [0.25, 0.3) is 0 Å². The second kappa shape index (κ2) is 6.19. The fourth-order valence-electron chi connectivity index (χ4n) is 2.74. The summed E-state index contributed by atoms with van der Waals surface area (Å²) in [6.07, 6.45) is 0.968. The van der Waals surface area contributed by atoms with E-state index in [-0.39, 0.29) is 11.9 Å². The molecule has 0 radical (unpaired) electrons. The maximum Gasteiger partial charge on any atom is 0.246 e. The predicted molar refractivity (Wildman–Crippen MR) is 92.0 cm³/mol. The van der Waals surface area contributed by atoms with Crippen LogP contribution in [-0.4, -0.2) is 18.5 Å². The Kier molecular flexibility index (Phi) is 4.27. The van der Waals surface area contributed by atoms with E-state index in [4.69, 9.17) is 23.2 Å². The fraction of sp³-hybridized carbons (Fsp3) is 0.235. The van der Waals surface area contributed by atoms with Crippen LogP contribution in [0.5, 0.6) is 0 Å². The van der Waals surface area contributed by atoms with Gasteiger partial charge in [0, 0.05) is 17.3 Å². The van der Waals surface area contributed by atoms with Gasteiger partial charge in [-0.1, -0.05) is 41.4 Å². The molecular formula is C17H16Cl2N2O. The Morgan fingerprint density at radius 1 is 1.23 bits per heavy atom. The summed E-state index contributed by atoms with van der Waals surface area (Å²) >= 11 is 12.0. The van der Waals surface area contributed by atoms with Crippen molar-refractivity contribution in [3.63, 3.8) is 0 Å². The number of anilines is 2. The number of fused-ring (bicyclic) bond motifs is 1. The van der Waals surface area contributed by atoms with Crippen molar-refractivity contribution in [3.8, 4) is 0 Å². The zero-order valence-electron chi connectivity index (χ0n) is 12.1. The monoisotopic (exact) mass is 334 g/mol. The van der Waals surface area contributed by atoms with Gasteiger partial charge in [-0.3, -0.25) is 4.79 Å². The largest absolute Gasteiger partial charge is 0.359 e. The highest BCUT2D eigenvalue weighted by Crippen LogP contribution is 2.30. The number of carbonyl (C=O) groups is 1. The Balaban J connectivity index is 1.76. The Labute approximate surface area is 139 Å². The van der Waals surface area contributed by atoms with E-state index in [0.29, 0.717) is 15.7 Å². The van der Waals surface area contributed by atoms with Gasteiger partial charge in [0.05, 0.1) is 10.7 Å². The molecule has 1 atom stereocenters. The van der Waals surface area contributed by atoms with Crippen LogP contribution >= 0.6 is 23.2 Å². The van der Waals surface area contributed by atoms with Crippen LogP contribution < -0.4 is 10.2 Å². The number of carbonyl (C=O) groups excluding carboxylic acids is 1. The lowest BCUT2D eigenvalue weighted by Crippen LogP contribution is -2.41. The van der Waals surface area contributed by atoms with E-state index < -0.39 is 0 Å². The third-order valence-corrected chi connectivity index (χ3v) is 4.51. The molecule has 3 nitrogen and oxygen atoms in total. The van der Waals surface area contributed by atoms with Gasteiger partial charge < -0.3 is 10.2 Å². The first kappa shape index (κ1) is 15.2. The Morgan fingerprint density at radius 3 is 2.77 bits per heavy atom. The van der Waals surface area contributed by atoms with E-state index in [0.717, 1.165) is 18.7 Å². The van der Waals surface area contributed by atoms with Gasteiger partial charge in [0.25, 0.3) is 0 Å². The van der Waals surface area contributed by atoms with Crippen LogP contribution in [-0.2, 0) is 11.2 Å². The summed E-state index contributed by atoms with van der Waals surface area (Å²) in [4.78, 5) is 14.6. The average molecular weight is 335 g/mol. The average Bonchev–Trinajstić information content (AvgIpc) is 2.93. The van der Waals surface area contributed by atoms with Gasteiger partial charge >= 0.3 is 0 Å². The summed E-state index contributed by atoms with van der Waals surface area (Å²) in [7, 11) is 0. The molecule has 1 heterocycles. The van der Waals surface area contributed by atoms with Gasteiger partial charge in [0.15, 0.2) is 0 Å². The standard InChI is InChI=1S/C17H16Cl2N2O/c1-11(21-9-8-12-4-2-3-5-16(12)21)17(22)20-15-7-6-13(18)10-14(15)19/h2-7,10-11H,8-9H2,1H3,(H,20,22)/t11-/m1/s1. The summed E-state index contributed by atoms with van der Waals surface area (Å²) in [5.74, 6) is -0.0825. The van der Waals surface area contributed by atoms with E-state index in [9.17, 15) is 4.79 Å². The number of nitrogens with one attached hydrogen (secondary N) is 1. The van der Waals surface area contributed by atoms with Crippen LogP contribution in [0, 0.1) is 0 Å². The lowest BCUT2D eigenvalue weighted by atomic mass is 10.1.